The number of carboxylic acid groups (broad SMARTS) is 2. The standard InChI is InChI=1S/C22H26F16O6/c1-3-11(7-9-15(23,24)19(31,32)43-21(35,36)17(27,28)13(39)40)5-6-12(4-2)8-10-16(25,26)20(33,34)44-22(37,38)18(29,30)14(41)42/h11-12H,3-10H2,1-2H3,(H,39,40)(H,41,42)/p-2. The van der Waals surface area contributed by atoms with E-state index >= 15 is 0 Å². The average molecular weight is 688 g/mol. The monoisotopic (exact) mass is 688 g/mol. The van der Waals surface area contributed by atoms with E-state index in [1.165, 1.54) is 13.8 Å². The molecule has 22 heteroatoms. The maximum Gasteiger partial charge on any atom is 0.429 e. The lowest BCUT2D eigenvalue weighted by atomic mass is 9.86. The van der Waals surface area contributed by atoms with Crippen LogP contribution in [0.25, 0.3) is 0 Å². The van der Waals surface area contributed by atoms with Crippen molar-refractivity contribution in [1.82, 2.24) is 0 Å². The number of carbonyl (C=O) groups is 2. The minimum Gasteiger partial charge on any atom is -0.544 e. The number of hydrogen-bond donors (Lipinski definition) is 0. The van der Waals surface area contributed by atoms with Gasteiger partial charge in [-0.05, 0) is 24.7 Å². The smallest absolute Gasteiger partial charge is 0.429 e. The highest BCUT2D eigenvalue weighted by Gasteiger charge is 2.70. The number of hydrogen-bond acceptors (Lipinski definition) is 6. The Morgan fingerprint density at radius 2 is 0.750 bits per heavy atom. The van der Waals surface area contributed by atoms with Crippen LogP contribution in [-0.4, -0.2) is 60.1 Å². The molecule has 0 radical (unpaired) electrons. The Hall–Kier alpha value is -2.26. The van der Waals surface area contributed by atoms with Crippen molar-refractivity contribution in [2.45, 2.75) is 113 Å². The fourth-order valence-electron chi connectivity index (χ4n) is 3.48. The third-order valence-corrected chi connectivity index (χ3v) is 6.48. The lowest BCUT2D eigenvalue weighted by Gasteiger charge is -2.34. The number of rotatable bonds is 21. The first kappa shape index (κ1) is 41.7. The van der Waals surface area contributed by atoms with Crippen molar-refractivity contribution in [3.63, 3.8) is 0 Å². The molecule has 0 fully saturated rings. The number of aliphatic carboxylic acids is 2. The van der Waals surface area contributed by atoms with Crippen LogP contribution in [0.4, 0.5) is 70.2 Å². The van der Waals surface area contributed by atoms with Crippen molar-refractivity contribution in [3.05, 3.63) is 0 Å². The molecular weight excluding hydrogens is 664 g/mol. The molecule has 0 spiro atoms. The van der Waals surface area contributed by atoms with Gasteiger partial charge in [0.25, 0.3) is 0 Å². The van der Waals surface area contributed by atoms with E-state index in [4.69, 9.17) is 0 Å². The van der Waals surface area contributed by atoms with Gasteiger partial charge in [-0.15, -0.1) is 0 Å². The third kappa shape index (κ3) is 9.62. The molecule has 0 aromatic rings. The molecule has 0 rings (SSSR count). The van der Waals surface area contributed by atoms with Crippen LogP contribution >= 0.6 is 0 Å². The van der Waals surface area contributed by atoms with Gasteiger partial charge in [-0.25, -0.2) is 9.47 Å². The van der Waals surface area contributed by atoms with Crippen LogP contribution in [0.2, 0.25) is 0 Å². The quantitative estimate of drug-likeness (QED) is 0.141. The lowest BCUT2D eigenvalue weighted by molar-refractivity contribution is -0.472. The zero-order chi connectivity index (χ0) is 35.4. The summed E-state index contributed by atoms with van der Waals surface area (Å²) in [7, 11) is 0. The van der Waals surface area contributed by atoms with Gasteiger partial charge in [0.1, 0.15) is 11.9 Å². The fraction of sp³-hybridized carbons (Fsp3) is 0.909. The van der Waals surface area contributed by atoms with Crippen molar-refractivity contribution >= 4 is 11.9 Å². The zero-order valence-corrected chi connectivity index (χ0v) is 22.3. The summed E-state index contributed by atoms with van der Waals surface area (Å²) >= 11 is 0. The Morgan fingerprint density at radius 1 is 0.500 bits per heavy atom. The number of ether oxygens (including phenoxy) is 2. The second kappa shape index (κ2) is 14.0. The third-order valence-electron chi connectivity index (χ3n) is 6.48. The fourth-order valence-corrected chi connectivity index (χ4v) is 3.48. The van der Waals surface area contributed by atoms with E-state index in [0.717, 1.165) is 0 Å². The lowest BCUT2D eigenvalue weighted by Crippen LogP contribution is -2.59. The van der Waals surface area contributed by atoms with Crippen LogP contribution < -0.4 is 10.2 Å². The number of carbonyl (C=O) groups excluding carboxylic acids is 2. The van der Waals surface area contributed by atoms with Gasteiger partial charge in [0.2, 0.25) is 0 Å². The summed E-state index contributed by atoms with van der Waals surface area (Å²) in [6.45, 7) is 2.56. The molecule has 2 atom stereocenters. The molecule has 0 amide bonds. The highest BCUT2D eigenvalue weighted by molar-refractivity contribution is 5.74. The van der Waals surface area contributed by atoms with E-state index in [9.17, 15) is 90.0 Å². The van der Waals surface area contributed by atoms with Crippen LogP contribution in [0.3, 0.4) is 0 Å². The minimum atomic E-state index is -6.65. The molecule has 0 saturated carbocycles. The van der Waals surface area contributed by atoms with Crippen LogP contribution in [0.5, 0.6) is 0 Å². The van der Waals surface area contributed by atoms with E-state index in [2.05, 4.69) is 9.47 Å². The van der Waals surface area contributed by atoms with Crippen LogP contribution in [0, 0.1) is 11.8 Å². The Kier molecular flexibility index (Phi) is 13.3. The van der Waals surface area contributed by atoms with Gasteiger partial charge in [-0.2, -0.15) is 70.2 Å². The first-order valence-corrected chi connectivity index (χ1v) is 12.2. The van der Waals surface area contributed by atoms with Gasteiger partial charge in [-0.3, -0.25) is 0 Å². The molecule has 2 unspecified atom stereocenters. The van der Waals surface area contributed by atoms with E-state index in [0.29, 0.717) is 0 Å². The molecule has 0 aromatic carbocycles. The molecular formula is C22H24F16O6-2. The molecule has 0 bridgehead atoms. The van der Waals surface area contributed by atoms with Gasteiger partial charge < -0.3 is 19.8 Å². The van der Waals surface area contributed by atoms with Crippen LogP contribution in [0.1, 0.15) is 65.2 Å². The molecule has 0 heterocycles. The van der Waals surface area contributed by atoms with Gasteiger partial charge >= 0.3 is 48.1 Å². The second-order valence-corrected chi connectivity index (χ2v) is 9.61. The summed E-state index contributed by atoms with van der Waals surface area (Å²) in [6, 6.07) is 0. The van der Waals surface area contributed by atoms with Crippen LogP contribution in [-0.2, 0) is 19.1 Å². The normalized spacial score (nSPS) is 16.1. The van der Waals surface area contributed by atoms with Crippen molar-refractivity contribution < 1.29 is 99.5 Å². The molecule has 6 nitrogen and oxygen atoms in total. The molecule has 0 aliphatic rings. The zero-order valence-electron chi connectivity index (χ0n) is 22.3. The van der Waals surface area contributed by atoms with Gasteiger partial charge in [0.15, 0.2) is 0 Å². The molecule has 262 valence electrons. The number of alkyl halides is 16. The molecule has 0 aromatic heterocycles. The first-order valence-electron chi connectivity index (χ1n) is 12.2. The van der Waals surface area contributed by atoms with Gasteiger partial charge in [-0.1, -0.05) is 39.5 Å². The second-order valence-electron chi connectivity index (χ2n) is 9.61. The molecule has 0 aliphatic heterocycles. The largest absolute Gasteiger partial charge is 0.544 e. The molecule has 44 heavy (non-hydrogen) atoms. The summed E-state index contributed by atoms with van der Waals surface area (Å²) in [5.74, 6) is -34.0. The summed E-state index contributed by atoms with van der Waals surface area (Å²) in [6.07, 6.45) is -32.9. The Morgan fingerprint density at radius 3 is 0.955 bits per heavy atom. The molecule has 0 N–H and O–H groups in total. The maximum atomic E-state index is 14.0. The Labute approximate surface area is 237 Å². The van der Waals surface area contributed by atoms with Crippen molar-refractivity contribution in [3.8, 4) is 0 Å². The summed E-state index contributed by atoms with van der Waals surface area (Å²) in [5, 5.41) is 20.1. The molecule has 0 aliphatic carbocycles. The van der Waals surface area contributed by atoms with Gasteiger partial charge in [0, 0.05) is 12.8 Å². The van der Waals surface area contributed by atoms with E-state index < -0.39 is 97.6 Å². The number of carboxylic acids is 2. The average Bonchev–Trinajstić information content (AvgIpc) is 2.83. The van der Waals surface area contributed by atoms with E-state index in [1.807, 2.05) is 0 Å². The molecule has 0 saturated heterocycles. The maximum absolute atomic E-state index is 14.0. The highest BCUT2D eigenvalue weighted by atomic mass is 19.4. The van der Waals surface area contributed by atoms with Crippen molar-refractivity contribution in [2.24, 2.45) is 11.8 Å². The predicted octanol–water partition coefficient (Wildman–Crippen LogP) is 5.82. The van der Waals surface area contributed by atoms with Crippen molar-refractivity contribution in [2.75, 3.05) is 0 Å². The van der Waals surface area contributed by atoms with Crippen molar-refractivity contribution in [1.29, 1.82) is 0 Å². The summed E-state index contributed by atoms with van der Waals surface area (Å²) in [4.78, 5) is 20.1. The summed E-state index contributed by atoms with van der Waals surface area (Å²) in [5.41, 5.74) is 0. The highest BCUT2D eigenvalue weighted by Crippen LogP contribution is 2.48. The topological polar surface area (TPSA) is 98.7 Å². The van der Waals surface area contributed by atoms with E-state index in [1.54, 1.807) is 0 Å². The van der Waals surface area contributed by atoms with E-state index in [-0.39, 0.29) is 25.7 Å². The van der Waals surface area contributed by atoms with Gasteiger partial charge in [0.05, 0.1) is 0 Å². The number of halogens is 16. The predicted molar refractivity (Wildman–Crippen MR) is 107 cm³/mol. The SMILES string of the molecule is CCC(CCC(CC)CCC(F)(F)C(F)(F)OC(F)(F)C(F)(F)C(=O)[O-])CCC(F)(F)C(F)(F)OC(F)(F)C(F)(F)C(=O)[O-]. The first-order chi connectivity index (χ1) is 19.4. The Bertz CT molecular complexity index is 896. The Balaban J connectivity index is 5.36. The van der Waals surface area contributed by atoms with Crippen LogP contribution in [0.15, 0.2) is 0 Å². The minimum absolute atomic E-state index is 0.137. The summed E-state index contributed by atoms with van der Waals surface area (Å²) < 4.78 is 219.